The lowest BCUT2D eigenvalue weighted by atomic mass is 9.78. The van der Waals surface area contributed by atoms with Crippen molar-refractivity contribution in [3.8, 4) is 0 Å². The highest BCUT2D eigenvalue weighted by Gasteiger charge is 2.33. The zero-order chi connectivity index (χ0) is 11.7. The van der Waals surface area contributed by atoms with Gasteiger partial charge in [0, 0.05) is 24.0 Å². The van der Waals surface area contributed by atoms with E-state index in [2.05, 4.69) is 23.1 Å². The monoisotopic (exact) mass is 230 g/mol. The average molecular weight is 230 g/mol. The van der Waals surface area contributed by atoms with Crippen LogP contribution < -0.4 is 10.6 Å². The Morgan fingerprint density at radius 2 is 1.88 bits per heavy atom. The molecule has 2 heteroatoms. The van der Waals surface area contributed by atoms with E-state index in [-0.39, 0.29) is 0 Å². The van der Waals surface area contributed by atoms with Crippen molar-refractivity contribution in [3.05, 3.63) is 24.3 Å². The van der Waals surface area contributed by atoms with Crippen LogP contribution in [0.5, 0.6) is 0 Å². The molecule has 1 aromatic rings. The van der Waals surface area contributed by atoms with E-state index in [1.54, 1.807) is 0 Å². The molecule has 2 N–H and O–H groups in total. The van der Waals surface area contributed by atoms with E-state index in [1.807, 2.05) is 6.07 Å². The number of nitrogen functional groups attached to an aromatic ring is 1. The molecule has 2 nitrogen and oxygen atoms in total. The summed E-state index contributed by atoms with van der Waals surface area (Å²) in [6.07, 6.45) is 8.42. The highest BCUT2D eigenvalue weighted by atomic mass is 15.2. The molecule has 92 valence electrons. The molecule has 1 saturated heterocycles. The van der Waals surface area contributed by atoms with Gasteiger partial charge in [0.25, 0.3) is 0 Å². The zero-order valence-corrected chi connectivity index (χ0v) is 10.4. The molecule has 2 atom stereocenters. The maximum Gasteiger partial charge on any atom is 0.0389 e. The lowest BCUT2D eigenvalue weighted by Crippen LogP contribution is -2.46. The minimum Gasteiger partial charge on any atom is -0.399 e. The van der Waals surface area contributed by atoms with E-state index in [4.69, 9.17) is 5.73 Å². The summed E-state index contributed by atoms with van der Waals surface area (Å²) in [6.45, 7) is 1.21. The van der Waals surface area contributed by atoms with Crippen molar-refractivity contribution in [2.45, 2.75) is 44.6 Å². The fraction of sp³-hybridized carbons (Fsp3) is 0.600. The summed E-state index contributed by atoms with van der Waals surface area (Å²) >= 11 is 0. The third-order valence-corrected chi connectivity index (χ3v) is 4.45. The SMILES string of the molecule is Nc1cccc(N2CCC[C@H]3CCCC[C@H]32)c1. The summed E-state index contributed by atoms with van der Waals surface area (Å²) < 4.78 is 0. The van der Waals surface area contributed by atoms with E-state index < -0.39 is 0 Å². The number of benzene rings is 1. The van der Waals surface area contributed by atoms with Crippen LogP contribution in [0.15, 0.2) is 24.3 Å². The zero-order valence-electron chi connectivity index (χ0n) is 10.4. The number of piperidine rings is 1. The quantitative estimate of drug-likeness (QED) is 0.749. The molecule has 2 fully saturated rings. The first-order valence-electron chi connectivity index (χ1n) is 6.97. The predicted molar refractivity (Wildman–Crippen MR) is 73.2 cm³/mol. The van der Waals surface area contributed by atoms with Crippen LogP contribution in [0.3, 0.4) is 0 Å². The summed E-state index contributed by atoms with van der Waals surface area (Å²) in [6, 6.07) is 9.19. The van der Waals surface area contributed by atoms with Gasteiger partial charge in [-0.3, -0.25) is 0 Å². The van der Waals surface area contributed by atoms with Crippen molar-refractivity contribution in [1.82, 2.24) is 0 Å². The first-order valence-corrected chi connectivity index (χ1v) is 6.97. The molecule has 17 heavy (non-hydrogen) atoms. The first-order chi connectivity index (χ1) is 8.34. The molecule has 0 bridgehead atoms. The molecule has 1 saturated carbocycles. The fourth-order valence-corrected chi connectivity index (χ4v) is 3.65. The Morgan fingerprint density at radius 1 is 1.06 bits per heavy atom. The Morgan fingerprint density at radius 3 is 2.76 bits per heavy atom. The fourth-order valence-electron chi connectivity index (χ4n) is 3.65. The Balaban J connectivity index is 1.85. The van der Waals surface area contributed by atoms with Crippen LogP contribution in [0, 0.1) is 5.92 Å². The van der Waals surface area contributed by atoms with Gasteiger partial charge >= 0.3 is 0 Å². The third-order valence-electron chi connectivity index (χ3n) is 4.45. The van der Waals surface area contributed by atoms with Crippen LogP contribution in [0.2, 0.25) is 0 Å². The minimum atomic E-state index is 0.777. The van der Waals surface area contributed by atoms with Gasteiger partial charge in [0.1, 0.15) is 0 Å². The highest BCUT2D eigenvalue weighted by molar-refractivity contribution is 5.56. The van der Waals surface area contributed by atoms with Crippen molar-refractivity contribution in [2.75, 3.05) is 17.2 Å². The predicted octanol–water partition coefficient (Wildman–Crippen LogP) is 3.43. The minimum absolute atomic E-state index is 0.777. The molecular weight excluding hydrogens is 208 g/mol. The van der Waals surface area contributed by atoms with Crippen molar-refractivity contribution in [2.24, 2.45) is 5.92 Å². The van der Waals surface area contributed by atoms with Crippen LogP contribution in [0.25, 0.3) is 0 Å². The van der Waals surface area contributed by atoms with Gasteiger partial charge in [-0.15, -0.1) is 0 Å². The van der Waals surface area contributed by atoms with Crippen LogP contribution in [-0.2, 0) is 0 Å². The Hall–Kier alpha value is -1.18. The standard InChI is InChI=1S/C15H22N2/c16-13-7-3-8-14(11-13)17-10-4-6-12-5-1-2-9-15(12)17/h3,7-8,11-12,15H,1-2,4-6,9-10,16H2/t12-,15-/m1/s1. The van der Waals surface area contributed by atoms with Gasteiger partial charge in [0.15, 0.2) is 0 Å². The summed E-state index contributed by atoms with van der Waals surface area (Å²) in [5.74, 6) is 0.930. The van der Waals surface area contributed by atoms with Crippen molar-refractivity contribution < 1.29 is 0 Å². The number of anilines is 2. The van der Waals surface area contributed by atoms with Gasteiger partial charge in [0.05, 0.1) is 0 Å². The molecule has 0 unspecified atom stereocenters. The van der Waals surface area contributed by atoms with Gasteiger partial charge < -0.3 is 10.6 Å². The number of fused-ring (bicyclic) bond motifs is 1. The summed E-state index contributed by atoms with van der Waals surface area (Å²) in [4.78, 5) is 2.61. The molecule has 3 rings (SSSR count). The van der Waals surface area contributed by atoms with Crippen molar-refractivity contribution in [3.63, 3.8) is 0 Å². The summed E-state index contributed by atoms with van der Waals surface area (Å²) in [7, 11) is 0. The van der Waals surface area contributed by atoms with E-state index in [1.165, 1.54) is 50.8 Å². The Kier molecular flexibility index (Phi) is 2.96. The number of hydrogen-bond acceptors (Lipinski definition) is 2. The van der Waals surface area contributed by atoms with Crippen LogP contribution in [0.4, 0.5) is 11.4 Å². The average Bonchev–Trinajstić information content (AvgIpc) is 2.38. The van der Waals surface area contributed by atoms with Gasteiger partial charge in [-0.1, -0.05) is 18.9 Å². The number of nitrogens with zero attached hydrogens (tertiary/aromatic N) is 1. The molecular formula is C15H22N2. The van der Waals surface area contributed by atoms with E-state index in [0.29, 0.717) is 0 Å². The lowest BCUT2D eigenvalue weighted by molar-refractivity contribution is 0.244. The second-order valence-electron chi connectivity index (χ2n) is 5.54. The van der Waals surface area contributed by atoms with Crippen molar-refractivity contribution >= 4 is 11.4 Å². The molecule has 0 spiro atoms. The number of nitrogens with two attached hydrogens (primary N) is 1. The van der Waals surface area contributed by atoms with Gasteiger partial charge in [-0.05, 0) is 49.8 Å². The number of rotatable bonds is 1. The van der Waals surface area contributed by atoms with E-state index in [0.717, 1.165) is 17.6 Å². The normalized spacial score (nSPS) is 28.8. The summed E-state index contributed by atoms with van der Waals surface area (Å²) in [5.41, 5.74) is 8.13. The lowest BCUT2D eigenvalue weighted by Gasteiger charge is -2.45. The molecule has 0 amide bonds. The van der Waals surface area contributed by atoms with Gasteiger partial charge in [0.2, 0.25) is 0 Å². The number of hydrogen-bond donors (Lipinski definition) is 1. The first kappa shape index (κ1) is 10.9. The molecule has 1 aliphatic carbocycles. The van der Waals surface area contributed by atoms with Gasteiger partial charge in [-0.25, -0.2) is 0 Å². The largest absolute Gasteiger partial charge is 0.399 e. The Labute approximate surface area is 104 Å². The molecule has 0 radical (unpaired) electrons. The molecule has 1 aliphatic heterocycles. The smallest absolute Gasteiger partial charge is 0.0389 e. The molecule has 2 aliphatic rings. The topological polar surface area (TPSA) is 29.3 Å². The van der Waals surface area contributed by atoms with Crippen LogP contribution in [-0.4, -0.2) is 12.6 Å². The maximum atomic E-state index is 5.91. The van der Waals surface area contributed by atoms with Gasteiger partial charge in [-0.2, -0.15) is 0 Å². The Bertz CT molecular complexity index is 386. The highest BCUT2D eigenvalue weighted by Crippen LogP contribution is 2.37. The van der Waals surface area contributed by atoms with E-state index in [9.17, 15) is 0 Å². The molecule has 1 aromatic carbocycles. The second kappa shape index (κ2) is 4.59. The summed E-state index contributed by atoms with van der Waals surface area (Å²) in [5, 5.41) is 0. The third kappa shape index (κ3) is 2.13. The van der Waals surface area contributed by atoms with Crippen LogP contribution in [0.1, 0.15) is 38.5 Å². The molecule has 1 heterocycles. The second-order valence-corrected chi connectivity index (χ2v) is 5.54. The van der Waals surface area contributed by atoms with Crippen molar-refractivity contribution in [1.29, 1.82) is 0 Å². The van der Waals surface area contributed by atoms with Crippen LogP contribution >= 0.6 is 0 Å². The maximum absolute atomic E-state index is 5.91. The van der Waals surface area contributed by atoms with E-state index >= 15 is 0 Å². The molecule has 0 aromatic heterocycles.